The zero-order chi connectivity index (χ0) is 11.3. The van der Waals surface area contributed by atoms with Gasteiger partial charge in [-0.1, -0.05) is 6.92 Å². The molecular formula is C11H22N2O2. The van der Waals surface area contributed by atoms with E-state index >= 15 is 0 Å². The van der Waals surface area contributed by atoms with Gasteiger partial charge in [-0.05, 0) is 32.2 Å². The van der Waals surface area contributed by atoms with Crippen molar-refractivity contribution in [3.63, 3.8) is 0 Å². The van der Waals surface area contributed by atoms with E-state index < -0.39 is 0 Å². The van der Waals surface area contributed by atoms with Crippen molar-refractivity contribution >= 4 is 5.91 Å². The Hall–Kier alpha value is -0.610. The maximum absolute atomic E-state index is 11.9. The summed E-state index contributed by atoms with van der Waals surface area (Å²) in [4.78, 5) is 11.9. The van der Waals surface area contributed by atoms with Crippen LogP contribution < -0.4 is 10.6 Å². The summed E-state index contributed by atoms with van der Waals surface area (Å²) in [5, 5.41) is 15.0. The average Bonchev–Trinajstić information content (AvgIpc) is 2.26. The van der Waals surface area contributed by atoms with Crippen LogP contribution in [0.4, 0.5) is 0 Å². The Morgan fingerprint density at radius 3 is 2.93 bits per heavy atom. The highest BCUT2D eigenvalue weighted by molar-refractivity contribution is 5.82. The Morgan fingerprint density at radius 2 is 2.40 bits per heavy atom. The largest absolute Gasteiger partial charge is 0.396 e. The number of rotatable bonds is 4. The molecule has 1 fully saturated rings. The molecule has 0 aromatic rings. The van der Waals surface area contributed by atoms with Crippen molar-refractivity contribution < 1.29 is 9.90 Å². The molecule has 4 nitrogen and oxygen atoms in total. The molecule has 1 aliphatic heterocycles. The second-order valence-corrected chi connectivity index (χ2v) is 4.84. The quantitative estimate of drug-likeness (QED) is 0.623. The molecule has 3 N–H and O–H groups in total. The van der Waals surface area contributed by atoms with Crippen LogP contribution in [-0.4, -0.2) is 37.3 Å². The maximum atomic E-state index is 11.9. The minimum absolute atomic E-state index is 0.106. The fourth-order valence-electron chi connectivity index (χ4n) is 1.79. The fraction of sp³-hybridized carbons (Fsp3) is 0.909. The minimum Gasteiger partial charge on any atom is -0.396 e. The molecule has 88 valence electrons. The van der Waals surface area contributed by atoms with Gasteiger partial charge in [0.15, 0.2) is 0 Å². The van der Waals surface area contributed by atoms with Crippen LogP contribution in [0.25, 0.3) is 0 Å². The molecule has 0 spiro atoms. The molecule has 15 heavy (non-hydrogen) atoms. The van der Waals surface area contributed by atoms with Crippen LogP contribution in [0, 0.1) is 11.3 Å². The molecule has 2 unspecified atom stereocenters. The number of piperidine rings is 1. The van der Waals surface area contributed by atoms with Gasteiger partial charge in [0.1, 0.15) is 0 Å². The normalized spacial score (nSPS) is 28.5. The third kappa shape index (κ3) is 3.47. The summed E-state index contributed by atoms with van der Waals surface area (Å²) >= 11 is 0. The average molecular weight is 214 g/mol. The lowest BCUT2D eigenvalue weighted by molar-refractivity contribution is -0.131. The Bertz CT molecular complexity index is 213. The van der Waals surface area contributed by atoms with Crippen molar-refractivity contribution in [3.8, 4) is 0 Å². The zero-order valence-electron chi connectivity index (χ0n) is 9.68. The first-order valence-corrected chi connectivity index (χ1v) is 5.68. The predicted octanol–water partition coefficient (Wildman–Crippen LogP) is 0.121. The number of aliphatic hydroxyl groups excluding tert-OH is 1. The predicted molar refractivity (Wildman–Crippen MR) is 59.5 cm³/mol. The Labute approximate surface area is 91.4 Å². The molecule has 0 aromatic heterocycles. The van der Waals surface area contributed by atoms with Gasteiger partial charge in [-0.15, -0.1) is 0 Å². The number of aliphatic hydroxyl groups is 1. The highest BCUT2D eigenvalue weighted by atomic mass is 16.3. The van der Waals surface area contributed by atoms with Crippen molar-refractivity contribution in [2.45, 2.75) is 26.7 Å². The summed E-state index contributed by atoms with van der Waals surface area (Å²) in [6, 6.07) is 0. The number of nitrogens with one attached hydrogen (secondary N) is 2. The molecule has 4 heteroatoms. The minimum atomic E-state index is -0.270. The lowest BCUT2D eigenvalue weighted by Gasteiger charge is -2.32. The molecule has 0 aromatic carbocycles. The van der Waals surface area contributed by atoms with E-state index in [0.717, 1.165) is 25.9 Å². The van der Waals surface area contributed by atoms with Gasteiger partial charge < -0.3 is 15.7 Å². The van der Waals surface area contributed by atoms with Gasteiger partial charge in [0.25, 0.3) is 0 Å². The van der Waals surface area contributed by atoms with Gasteiger partial charge in [-0.2, -0.15) is 0 Å². The molecule has 0 bridgehead atoms. The topological polar surface area (TPSA) is 61.4 Å². The summed E-state index contributed by atoms with van der Waals surface area (Å²) in [5.41, 5.74) is -0.270. The molecule has 1 aliphatic rings. The maximum Gasteiger partial charge on any atom is 0.227 e. The molecule has 0 aliphatic carbocycles. The zero-order valence-corrected chi connectivity index (χ0v) is 9.68. The number of hydrogen-bond donors (Lipinski definition) is 3. The lowest BCUT2D eigenvalue weighted by atomic mass is 9.82. The molecule has 1 saturated heterocycles. The van der Waals surface area contributed by atoms with Crippen LogP contribution >= 0.6 is 0 Å². The summed E-state index contributed by atoms with van der Waals surface area (Å²) in [7, 11) is 0. The first kappa shape index (κ1) is 12.5. The Kier molecular flexibility index (Phi) is 4.54. The van der Waals surface area contributed by atoms with Gasteiger partial charge in [0, 0.05) is 19.7 Å². The van der Waals surface area contributed by atoms with E-state index in [1.807, 2.05) is 13.8 Å². The molecule has 1 heterocycles. The van der Waals surface area contributed by atoms with Crippen molar-refractivity contribution in [1.29, 1.82) is 0 Å². The number of amides is 1. The summed E-state index contributed by atoms with van der Waals surface area (Å²) in [5.74, 6) is 0.240. The summed E-state index contributed by atoms with van der Waals surface area (Å²) in [6.07, 6.45) is 2.00. The molecule has 1 amide bonds. The third-order valence-corrected chi connectivity index (χ3v) is 3.07. The monoisotopic (exact) mass is 214 g/mol. The number of carbonyl (C=O) groups excluding carboxylic acids is 1. The van der Waals surface area contributed by atoms with E-state index in [2.05, 4.69) is 10.6 Å². The van der Waals surface area contributed by atoms with Crippen LogP contribution in [0.3, 0.4) is 0 Å². The lowest BCUT2D eigenvalue weighted by Crippen LogP contribution is -2.49. The van der Waals surface area contributed by atoms with Crippen molar-refractivity contribution in [2.75, 3.05) is 26.2 Å². The van der Waals surface area contributed by atoms with Gasteiger partial charge in [0.2, 0.25) is 5.91 Å². The number of carbonyl (C=O) groups is 1. The van der Waals surface area contributed by atoms with Crippen molar-refractivity contribution in [3.05, 3.63) is 0 Å². The molecule has 2 atom stereocenters. The van der Waals surface area contributed by atoms with Crippen LogP contribution in [0.15, 0.2) is 0 Å². The standard InChI is InChI=1S/C11H22N2O2/c1-9(7-14)6-13-10(15)11(2)4-3-5-12-8-11/h9,12,14H,3-8H2,1-2H3,(H,13,15). The van der Waals surface area contributed by atoms with Crippen LogP contribution in [0.1, 0.15) is 26.7 Å². The highest BCUT2D eigenvalue weighted by Crippen LogP contribution is 2.25. The smallest absolute Gasteiger partial charge is 0.227 e. The van der Waals surface area contributed by atoms with Crippen LogP contribution in [0.2, 0.25) is 0 Å². The number of hydrogen-bond acceptors (Lipinski definition) is 3. The van der Waals surface area contributed by atoms with E-state index in [0.29, 0.717) is 6.54 Å². The van der Waals surface area contributed by atoms with Gasteiger partial charge in [-0.3, -0.25) is 4.79 Å². The molecule has 1 rings (SSSR count). The second-order valence-electron chi connectivity index (χ2n) is 4.84. The van der Waals surface area contributed by atoms with E-state index in [4.69, 9.17) is 5.11 Å². The van der Waals surface area contributed by atoms with Crippen molar-refractivity contribution in [2.24, 2.45) is 11.3 Å². The third-order valence-electron chi connectivity index (χ3n) is 3.07. The highest BCUT2D eigenvalue weighted by Gasteiger charge is 2.34. The fourth-order valence-corrected chi connectivity index (χ4v) is 1.79. The summed E-state index contributed by atoms with van der Waals surface area (Å²) < 4.78 is 0. The van der Waals surface area contributed by atoms with Gasteiger partial charge >= 0.3 is 0 Å². The first-order chi connectivity index (χ1) is 7.08. The van der Waals surface area contributed by atoms with E-state index in [9.17, 15) is 4.79 Å². The van der Waals surface area contributed by atoms with Crippen LogP contribution in [0.5, 0.6) is 0 Å². The molecular weight excluding hydrogens is 192 g/mol. The Morgan fingerprint density at radius 1 is 1.67 bits per heavy atom. The van der Waals surface area contributed by atoms with E-state index in [1.54, 1.807) is 0 Å². The van der Waals surface area contributed by atoms with E-state index in [-0.39, 0.29) is 23.8 Å². The van der Waals surface area contributed by atoms with E-state index in [1.165, 1.54) is 0 Å². The Balaban J connectivity index is 2.37. The molecule has 0 radical (unpaired) electrons. The summed E-state index contributed by atoms with van der Waals surface area (Å²) in [6.45, 7) is 6.36. The van der Waals surface area contributed by atoms with Gasteiger partial charge in [-0.25, -0.2) is 0 Å². The molecule has 0 saturated carbocycles. The second kappa shape index (κ2) is 5.47. The SMILES string of the molecule is CC(CO)CNC(=O)C1(C)CCCNC1. The first-order valence-electron chi connectivity index (χ1n) is 5.68. The van der Waals surface area contributed by atoms with Gasteiger partial charge in [0.05, 0.1) is 5.41 Å². The van der Waals surface area contributed by atoms with Crippen LogP contribution in [-0.2, 0) is 4.79 Å². The van der Waals surface area contributed by atoms with Crippen molar-refractivity contribution in [1.82, 2.24) is 10.6 Å².